The number of urea groups is 1. The van der Waals surface area contributed by atoms with Crippen molar-refractivity contribution in [1.29, 1.82) is 5.26 Å². The van der Waals surface area contributed by atoms with Gasteiger partial charge in [0.05, 0.1) is 17.7 Å². The van der Waals surface area contributed by atoms with E-state index in [9.17, 15) is 10.1 Å². The fourth-order valence-electron chi connectivity index (χ4n) is 3.03. The van der Waals surface area contributed by atoms with E-state index in [-0.39, 0.29) is 24.5 Å². The van der Waals surface area contributed by atoms with Gasteiger partial charge < -0.3 is 15.1 Å². The van der Waals surface area contributed by atoms with E-state index in [2.05, 4.69) is 27.7 Å². The molecule has 25 heavy (non-hydrogen) atoms. The standard InChI is InChI=1S/C18H20N4OS.ClH/c1-21(2)17(15-6-7-24-12-15)9-20-18(23)22-10-14-5-3-4-13(8-19)16(14)11-22;/h3-7,12,17H,9-11H2,1-2H3,(H,20,23);1H. The molecule has 0 saturated carbocycles. The van der Waals surface area contributed by atoms with Crippen LogP contribution in [0.3, 0.4) is 0 Å². The van der Waals surface area contributed by atoms with Crippen molar-refractivity contribution in [2.75, 3.05) is 20.6 Å². The minimum Gasteiger partial charge on any atom is -0.336 e. The normalized spacial score (nSPS) is 13.8. The summed E-state index contributed by atoms with van der Waals surface area (Å²) in [5, 5.41) is 16.4. The van der Waals surface area contributed by atoms with Crippen molar-refractivity contribution in [1.82, 2.24) is 15.1 Å². The number of nitriles is 1. The maximum absolute atomic E-state index is 12.5. The van der Waals surface area contributed by atoms with Crippen LogP contribution in [-0.4, -0.2) is 36.5 Å². The molecule has 132 valence electrons. The largest absolute Gasteiger partial charge is 0.336 e. The number of nitrogens with one attached hydrogen (secondary N) is 1. The average Bonchev–Trinajstić information content (AvgIpc) is 3.23. The Kier molecular flexibility index (Phi) is 6.43. The zero-order valence-corrected chi connectivity index (χ0v) is 15.9. The van der Waals surface area contributed by atoms with Gasteiger partial charge in [-0.1, -0.05) is 12.1 Å². The van der Waals surface area contributed by atoms with Crippen LogP contribution in [0.1, 0.15) is 28.3 Å². The third-order valence-corrected chi connectivity index (χ3v) is 5.09. The second-order valence-corrected chi connectivity index (χ2v) is 6.91. The molecule has 2 heterocycles. The molecule has 0 fully saturated rings. The van der Waals surface area contributed by atoms with E-state index in [1.807, 2.05) is 31.6 Å². The number of hydrogen-bond acceptors (Lipinski definition) is 4. The van der Waals surface area contributed by atoms with E-state index < -0.39 is 0 Å². The summed E-state index contributed by atoms with van der Waals surface area (Å²) in [6, 6.07) is 10.0. The molecule has 1 unspecified atom stereocenters. The topological polar surface area (TPSA) is 59.4 Å². The lowest BCUT2D eigenvalue weighted by Gasteiger charge is -2.25. The fourth-order valence-corrected chi connectivity index (χ4v) is 3.74. The molecule has 1 aliphatic rings. The molecule has 0 saturated heterocycles. The van der Waals surface area contributed by atoms with E-state index >= 15 is 0 Å². The second kappa shape index (κ2) is 8.34. The van der Waals surface area contributed by atoms with Crippen LogP contribution in [0.15, 0.2) is 35.0 Å². The highest BCUT2D eigenvalue weighted by atomic mass is 35.5. The molecule has 1 aromatic carbocycles. The first kappa shape index (κ1) is 19.3. The van der Waals surface area contributed by atoms with E-state index in [1.54, 1.807) is 22.3 Å². The van der Waals surface area contributed by atoms with Crippen molar-refractivity contribution < 1.29 is 4.79 Å². The number of hydrogen-bond donors (Lipinski definition) is 1. The molecule has 1 atom stereocenters. The van der Waals surface area contributed by atoms with Crippen LogP contribution in [0.25, 0.3) is 0 Å². The molecule has 2 amide bonds. The van der Waals surface area contributed by atoms with Crippen LogP contribution in [0.5, 0.6) is 0 Å². The van der Waals surface area contributed by atoms with E-state index in [1.165, 1.54) is 5.56 Å². The summed E-state index contributed by atoms with van der Waals surface area (Å²) in [6.45, 7) is 1.61. The Morgan fingerprint density at radius 1 is 1.40 bits per heavy atom. The number of likely N-dealkylation sites (N-methyl/N-ethyl adjacent to an activating group) is 1. The monoisotopic (exact) mass is 376 g/mol. The summed E-state index contributed by atoms with van der Waals surface area (Å²) in [7, 11) is 4.03. The Balaban J connectivity index is 0.00000225. The smallest absolute Gasteiger partial charge is 0.318 e. The molecule has 0 radical (unpaired) electrons. The highest BCUT2D eigenvalue weighted by molar-refractivity contribution is 7.07. The summed E-state index contributed by atoms with van der Waals surface area (Å²) in [4.78, 5) is 16.4. The van der Waals surface area contributed by atoms with Gasteiger partial charge in [-0.15, -0.1) is 12.4 Å². The second-order valence-electron chi connectivity index (χ2n) is 6.13. The molecule has 7 heteroatoms. The number of nitrogens with zero attached hydrogens (tertiary/aromatic N) is 3. The number of thiophene rings is 1. The lowest BCUT2D eigenvalue weighted by atomic mass is 10.1. The van der Waals surface area contributed by atoms with Gasteiger partial charge in [-0.2, -0.15) is 16.6 Å². The molecule has 1 aromatic heterocycles. The molecular formula is C18H21ClN4OS. The van der Waals surface area contributed by atoms with Crippen molar-refractivity contribution in [3.05, 3.63) is 57.3 Å². The van der Waals surface area contributed by atoms with Gasteiger partial charge in [-0.25, -0.2) is 4.79 Å². The summed E-state index contributed by atoms with van der Waals surface area (Å²) in [5.41, 5.74) is 3.90. The Morgan fingerprint density at radius 3 is 2.84 bits per heavy atom. The quantitative estimate of drug-likeness (QED) is 0.889. The zero-order valence-electron chi connectivity index (χ0n) is 14.2. The predicted molar refractivity (Wildman–Crippen MR) is 102 cm³/mol. The number of carbonyl (C=O) groups is 1. The van der Waals surface area contributed by atoms with Crippen molar-refractivity contribution in [2.24, 2.45) is 0 Å². The average molecular weight is 377 g/mol. The van der Waals surface area contributed by atoms with Crippen molar-refractivity contribution in [3.63, 3.8) is 0 Å². The fraction of sp³-hybridized carbons (Fsp3) is 0.333. The van der Waals surface area contributed by atoms with Gasteiger partial charge in [0.2, 0.25) is 0 Å². The zero-order chi connectivity index (χ0) is 17.1. The highest BCUT2D eigenvalue weighted by Gasteiger charge is 2.26. The summed E-state index contributed by atoms with van der Waals surface area (Å²) in [5.74, 6) is 0. The first-order valence-corrected chi connectivity index (χ1v) is 8.76. The lowest BCUT2D eigenvalue weighted by molar-refractivity contribution is 0.193. The number of benzene rings is 1. The lowest BCUT2D eigenvalue weighted by Crippen LogP contribution is -2.41. The maximum Gasteiger partial charge on any atom is 0.318 e. The molecule has 1 aliphatic heterocycles. The number of halogens is 1. The van der Waals surface area contributed by atoms with E-state index in [4.69, 9.17) is 0 Å². The Morgan fingerprint density at radius 2 is 2.20 bits per heavy atom. The summed E-state index contributed by atoms with van der Waals surface area (Å²) >= 11 is 1.66. The summed E-state index contributed by atoms with van der Waals surface area (Å²) < 4.78 is 0. The molecule has 0 spiro atoms. The third-order valence-electron chi connectivity index (χ3n) is 4.39. The van der Waals surface area contributed by atoms with E-state index in [0.717, 1.165) is 11.1 Å². The van der Waals surface area contributed by atoms with Crippen LogP contribution in [-0.2, 0) is 13.1 Å². The number of amides is 2. The van der Waals surface area contributed by atoms with Crippen molar-refractivity contribution >= 4 is 29.8 Å². The molecule has 1 N–H and O–H groups in total. The van der Waals surface area contributed by atoms with Gasteiger partial charge in [-0.3, -0.25) is 0 Å². The summed E-state index contributed by atoms with van der Waals surface area (Å²) in [6.07, 6.45) is 0. The molecule has 2 aromatic rings. The van der Waals surface area contributed by atoms with Gasteiger partial charge in [0.1, 0.15) is 0 Å². The Labute approximate surface area is 158 Å². The molecule has 0 bridgehead atoms. The minimum absolute atomic E-state index is 0. The van der Waals surface area contributed by atoms with Gasteiger partial charge in [0.25, 0.3) is 0 Å². The molecule has 5 nitrogen and oxygen atoms in total. The number of carbonyl (C=O) groups excluding carboxylic acids is 1. The maximum atomic E-state index is 12.5. The van der Waals surface area contributed by atoms with Gasteiger partial charge in [0, 0.05) is 19.6 Å². The number of rotatable bonds is 4. The SMILES string of the molecule is CN(C)C(CNC(=O)N1Cc2cccc(C#N)c2C1)c1ccsc1.Cl. The van der Waals surface area contributed by atoms with Gasteiger partial charge in [-0.05, 0) is 53.7 Å². The first-order valence-electron chi connectivity index (χ1n) is 7.82. The van der Waals surface area contributed by atoms with Crippen molar-refractivity contribution in [3.8, 4) is 6.07 Å². The van der Waals surface area contributed by atoms with Crippen LogP contribution in [0.2, 0.25) is 0 Å². The van der Waals surface area contributed by atoms with Crippen LogP contribution in [0.4, 0.5) is 4.79 Å². The number of fused-ring (bicyclic) bond motifs is 1. The van der Waals surface area contributed by atoms with Crippen LogP contribution >= 0.6 is 23.7 Å². The Hall–Kier alpha value is -2.07. The van der Waals surface area contributed by atoms with Crippen LogP contribution < -0.4 is 5.32 Å². The molecular weight excluding hydrogens is 356 g/mol. The Bertz CT molecular complexity index is 770. The first-order chi connectivity index (χ1) is 11.6. The highest BCUT2D eigenvalue weighted by Crippen LogP contribution is 2.26. The molecule has 0 aliphatic carbocycles. The van der Waals surface area contributed by atoms with Crippen LogP contribution in [0, 0.1) is 11.3 Å². The van der Waals surface area contributed by atoms with Gasteiger partial charge >= 0.3 is 6.03 Å². The third kappa shape index (κ3) is 4.13. The predicted octanol–water partition coefficient (Wildman–Crippen LogP) is 3.37. The van der Waals surface area contributed by atoms with E-state index in [0.29, 0.717) is 25.2 Å². The minimum atomic E-state index is -0.0860. The van der Waals surface area contributed by atoms with Crippen molar-refractivity contribution in [2.45, 2.75) is 19.1 Å². The van der Waals surface area contributed by atoms with Gasteiger partial charge in [0.15, 0.2) is 0 Å². The molecule has 3 rings (SSSR count).